The molecule has 0 saturated carbocycles. The van der Waals surface area contributed by atoms with Crippen LogP contribution in [-0.2, 0) is 27.7 Å². The molecule has 2 aromatic rings. The molecule has 1 amide bonds. The number of nitrogens with one attached hydrogen (secondary N) is 1. The summed E-state index contributed by atoms with van der Waals surface area (Å²) in [6, 6.07) is 7.16. The van der Waals surface area contributed by atoms with Gasteiger partial charge in [-0.2, -0.15) is 0 Å². The van der Waals surface area contributed by atoms with E-state index in [2.05, 4.69) is 5.32 Å². The molecule has 1 heterocycles. The van der Waals surface area contributed by atoms with Gasteiger partial charge in [-0.05, 0) is 38.8 Å². The summed E-state index contributed by atoms with van der Waals surface area (Å²) in [6.45, 7) is 7.72. The molecule has 148 valence electrons. The number of benzene rings is 1. The lowest BCUT2D eigenvalue weighted by atomic mass is 10.1. The van der Waals surface area contributed by atoms with Gasteiger partial charge in [-0.25, -0.2) is 9.59 Å². The lowest BCUT2D eigenvalue weighted by Crippen LogP contribution is -2.45. The zero-order valence-electron chi connectivity index (χ0n) is 16.9. The number of hydrogen-bond donors (Lipinski definition) is 1. The van der Waals surface area contributed by atoms with Crippen molar-refractivity contribution in [3.05, 3.63) is 36.0 Å². The van der Waals surface area contributed by atoms with Crippen molar-refractivity contribution in [2.75, 3.05) is 6.61 Å². The zero-order chi connectivity index (χ0) is 20.0. The minimum absolute atomic E-state index is 0.339. The fourth-order valence-electron chi connectivity index (χ4n) is 2.87. The second-order valence-corrected chi connectivity index (χ2v) is 7.71. The number of fused-ring (bicyclic) bond motifs is 1. The number of esters is 1. The number of para-hydroxylation sites is 1. The Hall–Kier alpha value is -2.50. The van der Waals surface area contributed by atoms with Crippen LogP contribution in [0.1, 0.15) is 46.1 Å². The average molecular weight is 374 g/mol. The number of aromatic nitrogens is 1. The number of carbonyl (C=O) groups is 2. The summed E-state index contributed by atoms with van der Waals surface area (Å²) in [5, 5.41) is 3.73. The van der Waals surface area contributed by atoms with Gasteiger partial charge in [-0.3, -0.25) is 0 Å². The molecular weight excluding hydrogens is 344 g/mol. The second-order valence-electron chi connectivity index (χ2n) is 7.71. The van der Waals surface area contributed by atoms with E-state index in [0.717, 1.165) is 29.3 Å². The minimum atomic E-state index is -0.803. The molecule has 1 aromatic heterocycles. The Bertz CT molecular complexity index is 789. The molecule has 0 saturated heterocycles. The van der Waals surface area contributed by atoms with Crippen molar-refractivity contribution in [1.29, 1.82) is 0 Å². The smallest absolute Gasteiger partial charge is 0.408 e. The summed E-state index contributed by atoms with van der Waals surface area (Å²) in [6.07, 6.45) is 3.42. The number of alkyl carbamates (subject to hydrolysis) is 1. The van der Waals surface area contributed by atoms with E-state index in [1.54, 1.807) is 20.8 Å². The van der Waals surface area contributed by atoms with Crippen molar-refractivity contribution >= 4 is 23.0 Å². The zero-order valence-corrected chi connectivity index (χ0v) is 16.9. The Morgan fingerprint density at radius 1 is 1.22 bits per heavy atom. The van der Waals surface area contributed by atoms with Crippen molar-refractivity contribution in [3.63, 3.8) is 0 Å². The number of hydrogen-bond acceptors (Lipinski definition) is 4. The number of ether oxygens (including phenoxy) is 2. The first-order valence-corrected chi connectivity index (χ1v) is 9.40. The van der Waals surface area contributed by atoms with Crippen LogP contribution < -0.4 is 5.32 Å². The third-order valence-corrected chi connectivity index (χ3v) is 4.12. The average Bonchev–Trinajstić information content (AvgIpc) is 2.89. The Morgan fingerprint density at radius 3 is 2.59 bits per heavy atom. The molecule has 0 unspecified atom stereocenters. The molecule has 6 heteroatoms. The summed E-state index contributed by atoms with van der Waals surface area (Å²) >= 11 is 0. The van der Waals surface area contributed by atoms with E-state index >= 15 is 0 Å². The molecule has 27 heavy (non-hydrogen) atoms. The van der Waals surface area contributed by atoms with Crippen LogP contribution in [0.25, 0.3) is 10.9 Å². The van der Waals surface area contributed by atoms with Crippen LogP contribution in [0.5, 0.6) is 0 Å². The maximum absolute atomic E-state index is 12.6. The van der Waals surface area contributed by atoms with Gasteiger partial charge in [0.05, 0.1) is 6.61 Å². The van der Waals surface area contributed by atoms with E-state index in [-0.39, 0.29) is 0 Å². The topological polar surface area (TPSA) is 69.6 Å². The SMILES string of the molecule is CCCCOC(=O)[C@@H](Cc1cn(C)c2ccccc12)NC(=O)OC(C)(C)C. The Morgan fingerprint density at radius 2 is 1.93 bits per heavy atom. The number of amides is 1. The van der Waals surface area contributed by atoms with Gasteiger partial charge in [0, 0.05) is 30.6 Å². The number of aryl methyl sites for hydroxylation is 1. The summed E-state index contributed by atoms with van der Waals surface area (Å²) in [7, 11) is 1.96. The van der Waals surface area contributed by atoms with Crippen LogP contribution in [0.15, 0.2) is 30.5 Å². The molecule has 0 spiro atoms. The molecule has 6 nitrogen and oxygen atoms in total. The first-order valence-electron chi connectivity index (χ1n) is 9.40. The molecule has 0 bridgehead atoms. The standard InChI is InChI=1S/C21H30N2O4/c1-6-7-12-26-19(24)17(22-20(25)27-21(2,3)4)13-15-14-23(5)18-11-9-8-10-16(15)18/h8-11,14,17H,6-7,12-13H2,1-5H3,(H,22,25)/t17-/m1/s1. The maximum Gasteiger partial charge on any atom is 0.408 e. The maximum atomic E-state index is 12.6. The normalized spacial score (nSPS) is 12.6. The fraction of sp³-hybridized carbons (Fsp3) is 0.524. The molecule has 2 rings (SSSR count). The molecule has 0 aliphatic rings. The number of nitrogens with zero attached hydrogens (tertiary/aromatic N) is 1. The lowest BCUT2D eigenvalue weighted by molar-refractivity contribution is -0.146. The second kappa shape index (κ2) is 8.93. The van der Waals surface area contributed by atoms with Gasteiger partial charge in [0.2, 0.25) is 0 Å². The predicted molar refractivity (Wildman–Crippen MR) is 106 cm³/mol. The van der Waals surface area contributed by atoms with E-state index in [9.17, 15) is 9.59 Å². The highest BCUT2D eigenvalue weighted by atomic mass is 16.6. The van der Waals surface area contributed by atoms with Gasteiger partial charge in [-0.15, -0.1) is 0 Å². The molecular formula is C21H30N2O4. The number of carbonyl (C=O) groups excluding carboxylic acids is 2. The summed E-state index contributed by atoms with van der Waals surface area (Å²) in [5.41, 5.74) is 1.41. The van der Waals surface area contributed by atoms with Crippen LogP contribution in [0.3, 0.4) is 0 Å². The van der Waals surface area contributed by atoms with Crippen LogP contribution in [-0.4, -0.2) is 34.9 Å². The lowest BCUT2D eigenvalue weighted by Gasteiger charge is -2.23. The van der Waals surface area contributed by atoms with Crippen LogP contribution in [0.4, 0.5) is 4.79 Å². The summed E-state index contributed by atoms with van der Waals surface area (Å²) < 4.78 is 12.7. The minimum Gasteiger partial charge on any atom is -0.464 e. The van der Waals surface area contributed by atoms with Crippen molar-refractivity contribution in [3.8, 4) is 0 Å². The molecule has 1 aromatic carbocycles. The van der Waals surface area contributed by atoms with Gasteiger partial charge in [0.25, 0.3) is 0 Å². The largest absolute Gasteiger partial charge is 0.464 e. The quantitative estimate of drug-likeness (QED) is 0.588. The third-order valence-electron chi connectivity index (χ3n) is 4.12. The highest BCUT2D eigenvalue weighted by Gasteiger charge is 2.27. The van der Waals surface area contributed by atoms with Crippen LogP contribution in [0, 0.1) is 0 Å². The van der Waals surface area contributed by atoms with Crippen LogP contribution >= 0.6 is 0 Å². The van der Waals surface area contributed by atoms with Gasteiger partial charge < -0.3 is 19.4 Å². The monoisotopic (exact) mass is 374 g/mol. The molecule has 0 aliphatic heterocycles. The Balaban J connectivity index is 2.20. The van der Waals surface area contributed by atoms with Gasteiger partial charge >= 0.3 is 12.1 Å². The molecule has 0 fully saturated rings. The number of rotatable bonds is 7. The molecule has 0 radical (unpaired) electrons. The first-order chi connectivity index (χ1) is 12.7. The molecule has 0 aliphatic carbocycles. The number of unbranched alkanes of at least 4 members (excludes halogenated alkanes) is 1. The summed E-state index contributed by atoms with van der Waals surface area (Å²) in [4.78, 5) is 24.8. The van der Waals surface area contributed by atoms with Crippen molar-refractivity contribution < 1.29 is 19.1 Å². The highest BCUT2D eigenvalue weighted by Crippen LogP contribution is 2.22. The van der Waals surface area contributed by atoms with Crippen molar-refractivity contribution in [2.24, 2.45) is 7.05 Å². The van der Waals surface area contributed by atoms with Crippen molar-refractivity contribution in [2.45, 2.75) is 58.6 Å². The molecule has 1 atom stereocenters. The Labute approximate surface area is 160 Å². The van der Waals surface area contributed by atoms with Crippen molar-refractivity contribution in [1.82, 2.24) is 9.88 Å². The van der Waals surface area contributed by atoms with Gasteiger partial charge in [-0.1, -0.05) is 31.5 Å². The first kappa shape index (κ1) is 20.8. The van der Waals surface area contributed by atoms with Gasteiger partial charge in [0.15, 0.2) is 0 Å². The Kier molecular flexibility index (Phi) is 6.88. The van der Waals surface area contributed by atoms with E-state index < -0.39 is 23.7 Å². The van der Waals surface area contributed by atoms with E-state index in [1.165, 1.54) is 0 Å². The fourth-order valence-corrected chi connectivity index (χ4v) is 2.87. The summed E-state index contributed by atoms with van der Waals surface area (Å²) in [5.74, 6) is -0.442. The van der Waals surface area contributed by atoms with Gasteiger partial charge in [0.1, 0.15) is 11.6 Å². The van der Waals surface area contributed by atoms with E-state index in [1.807, 2.05) is 49.0 Å². The molecule has 1 N–H and O–H groups in total. The van der Waals surface area contributed by atoms with E-state index in [0.29, 0.717) is 13.0 Å². The third kappa shape index (κ3) is 6.01. The van der Waals surface area contributed by atoms with Crippen LogP contribution in [0.2, 0.25) is 0 Å². The highest BCUT2D eigenvalue weighted by molar-refractivity contribution is 5.86. The predicted octanol–water partition coefficient (Wildman–Crippen LogP) is 3.96. The van der Waals surface area contributed by atoms with E-state index in [4.69, 9.17) is 9.47 Å².